The zero-order chi connectivity index (χ0) is 15.0. The van der Waals surface area contributed by atoms with Crippen molar-refractivity contribution in [1.29, 1.82) is 0 Å². The zero-order valence-electron chi connectivity index (χ0n) is 13.0. The molecule has 1 aromatic heterocycles. The highest BCUT2D eigenvalue weighted by molar-refractivity contribution is 5.92. The van der Waals surface area contributed by atoms with Crippen molar-refractivity contribution in [2.45, 2.75) is 58.9 Å². The highest BCUT2D eigenvalue weighted by Gasteiger charge is 2.26. The molecule has 0 saturated carbocycles. The standard InChI is InChI=1S/C15H26N4O/c1-5-9-16-13-11-17-12(10-18-13)14(20)19-15(6-2,7-3)8-4/h10-11H,5-9H2,1-4H3,(H,16,18)(H,19,20). The summed E-state index contributed by atoms with van der Waals surface area (Å²) in [4.78, 5) is 20.6. The fourth-order valence-corrected chi connectivity index (χ4v) is 2.11. The number of aromatic nitrogens is 2. The highest BCUT2D eigenvalue weighted by atomic mass is 16.2. The molecular formula is C15H26N4O. The van der Waals surface area contributed by atoms with E-state index in [1.165, 1.54) is 6.20 Å². The van der Waals surface area contributed by atoms with Gasteiger partial charge >= 0.3 is 0 Å². The van der Waals surface area contributed by atoms with Gasteiger partial charge in [-0.1, -0.05) is 27.7 Å². The monoisotopic (exact) mass is 278 g/mol. The molecule has 0 saturated heterocycles. The van der Waals surface area contributed by atoms with Crippen LogP contribution in [0.15, 0.2) is 12.4 Å². The van der Waals surface area contributed by atoms with Crippen LogP contribution in [-0.4, -0.2) is 28.0 Å². The second kappa shape index (κ2) is 7.82. The number of amides is 1. The van der Waals surface area contributed by atoms with Crippen molar-refractivity contribution >= 4 is 11.7 Å². The van der Waals surface area contributed by atoms with Gasteiger partial charge in [-0.3, -0.25) is 4.79 Å². The average Bonchev–Trinajstić information content (AvgIpc) is 2.51. The maximum atomic E-state index is 12.2. The van der Waals surface area contributed by atoms with Gasteiger partial charge in [-0.05, 0) is 25.7 Å². The van der Waals surface area contributed by atoms with E-state index in [0.29, 0.717) is 11.5 Å². The molecule has 1 rings (SSSR count). The van der Waals surface area contributed by atoms with Crippen molar-refractivity contribution in [3.63, 3.8) is 0 Å². The molecule has 0 unspecified atom stereocenters. The van der Waals surface area contributed by atoms with E-state index in [1.54, 1.807) is 6.20 Å². The van der Waals surface area contributed by atoms with E-state index >= 15 is 0 Å². The van der Waals surface area contributed by atoms with Gasteiger partial charge in [-0.15, -0.1) is 0 Å². The first-order valence-corrected chi connectivity index (χ1v) is 7.49. The van der Waals surface area contributed by atoms with Crippen LogP contribution in [0.25, 0.3) is 0 Å². The Bertz CT molecular complexity index is 404. The third-order valence-corrected chi connectivity index (χ3v) is 3.85. The number of carbonyl (C=O) groups is 1. The van der Waals surface area contributed by atoms with E-state index in [9.17, 15) is 4.79 Å². The minimum Gasteiger partial charge on any atom is -0.369 e. The molecule has 0 aliphatic heterocycles. The maximum absolute atomic E-state index is 12.2. The Morgan fingerprint density at radius 2 is 1.75 bits per heavy atom. The summed E-state index contributed by atoms with van der Waals surface area (Å²) >= 11 is 0. The van der Waals surface area contributed by atoms with Crippen LogP contribution < -0.4 is 10.6 Å². The van der Waals surface area contributed by atoms with Gasteiger partial charge in [0.2, 0.25) is 0 Å². The van der Waals surface area contributed by atoms with Crippen LogP contribution in [0, 0.1) is 0 Å². The predicted octanol–water partition coefficient (Wildman–Crippen LogP) is 3.00. The Morgan fingerprint density at radius 3 is 2.20 bits per heavy atom. The molecule has 1 aromatic rings. The Labute approximate surface area is 121 Å². The Kier molecular flexibility index (Phi) is 6.42. The lowest BCUT2D eigenvalue weighted by molar-refractivity contribution is 0.0882. The number of nitrogens with zero attached hydrogens (tertiary/aromatic N) is 2. The van der Waals surface area contributed by atoms with Gasteiger partial charge in [0.1, 0.15) is 11.5 Å². The molecule has 1 amide bonds. The molecule has 0 spiro atoms. The Hall–Kier alpha value is -1.65. The summed E-state index contributed by atoms with van der Waals surface area (Å²) in [5, 5.41) is 6.23. The number of rotatable bonds is 8. The molecule has 5 heteroatoms. The summed E-state index contributed by atoms with van der Waals surface area (Å²) in [7, 11) is 0. The van der Waals surface area contributed by atoms with Crippen molar-refractivity contribution in [1.82, 2.24) is 15.3 Å². The van der Waals surface area contributed by atoms with Gasteiger partial charge in [-0.25, -0.2) is 9.97 Å². The first-order chi connectivity index (χ1) is 9.60. The molecule has 5 nitrogen and oxygen atoms in total. The van der Waals surface area contributed by atoms with Crippen molar-refractivity contribution in [3.8, 4) is 0 Å². The van der Waals surface area contributed by atoms with E-state index in [-0.39, 0.29) is 11.4 Å². The normalized spacial score (nSPS) is 11.2. The third kappa shape index (κ3) is 4.18. The van der Waals surface area contributed by atoms with Crippen LogP contribution in [0.1, 0.15) is 63.9 Å². The first kappa shape index (κ1) is 16.4. The van der Waals surface area contributed by atoms with Gasteiger partial charge in [-0.2, -0.15) is 0 Å². The van der Waals surface area contributed by atoms with E-state index in [0.717, 1.165) is 32.2 Å². The summed E-state index contributed by atoms with van der Waals surface area (Å²) in [5.41, 5.74) is 0.226. The summed E-state index contributed by atoms with van der Waals surface area (Å²) < 4.78 is 0. The van der Waals surface area contributed by atoms with Crippen molar-refractivity contribution in [2.24, 2.45) is 0 Å². The van der Waals surface area contributed by atoms with Crippen LogP contribution in [0.4, 0.5) is 5.82 Å². The fraction of sp³-hybridized carbons (Fsp3) is 0.667. The molecule has 0 radical (unpaired) electrons. The molecule has 0 aliphatic rings. The second-order valence-electron chi connectivity index (χ2n) is 5.01. The number of nitrogens with one attached hydrogen (secondary N) is 2. The molecule has 0 bridgehead atoms. The van der Waals surface area contributed by atoms with Crippen molar-refractivity contribution < 1.29 is 4.79 Å². The smallest absolute Gasteiger partial charge is 0.271 e. The van der Waals surface area contributed by atoms with E-state index in [2.05, 4.69) is 48.3 Å². The summed E-state index contributed by atoms with van der Waals surface area (Å²) in [5.74, 6) is 0.557. The summed E-state index contributed by atoms with van der Waals surface area (Å²) in [6.45, 7) is 9.22. The fourth-order valence-electron chi connectivity index (χ4n) is 2.11. The third-order valence-electron chi connectivity index (χ3n) is 3.85. The number of anilines is 1. The molecule has 0 atom stereocenters. The molecule has 2 N–H and O–H groups in total. The average molecular weight is 278 g/mol. The molecule has 0 aromatic carbocycles. The van der Waals surface area contributed by atoms with Crippen molar-refractivity contribution in [3.05, 3.63) is 18.1 Å². The van der Waals surface area contributed by atoms with Gasteiger partial charge in [0.15, 0.2) is 0 Å². The molecular weight excluding hydrogens is 252 g/mol. The highest BCUT2D eigenvalue weighted by Crippen LogP contribution is 2.19. The van der Waals surface area contributed by atoms with Gasteiger partial charge in [0.25, 0.3) is 5.91 Å². The van der Waals surface area contributed by atoms with E-state index < -0.39 is 0 Å². The van der Waals surface area contributed by atoms with Gasteiger partial charge < -0.3 is 10.6 Å². The number of hydrogen-bond donors (Lipinski definition) is 2. The molecule has 112 valence electrons. The first-order valence-electron chi connectivity index (χ1n) is 7.49. The molecule has 0 aliphatic carbocycles. The Morgan fingerprint density at radius 1 is 1.10 bits per heavy atom. The zero-order valence-corrected chi connectivity index (χ0v) is 13.0. The second-order valence-corrected chi connectivity index (χ2v) is 5.01. The lowest BCUT2D eigenvalue weighted by Crippen LogP contribution is -2.47. The Balaban J connectivity index is 2.72. The van der Waals surface area contributed by atoms with Crippen LogP contribution in [0.3, 0.4) is 0 Å². The lowest BCUT2D eigenvalue weighted by atomic mass is 9.89. The summed E-state index contributed by atoms with van der Waals surface area (Å²) in [6, 6.07) is 0. The quantitative estimate of drug-likeness (QED) is 0.767. The van der Waals surface area contributed by atoms with Gasteiger partial charge in [0, 0.05) is 12.1 Å². The van der Waals surface area contributed by atoms with Crippen LogP contribution >= 0.6 is 0 Å². The van der Waals surface area contributed by atoms with Crippen LogP contribution in [-0.2, 0) is 0 Å². The number of carbonyl (C=O) groups excluding carboxylic acids is 1. The lowest BCUT2D eigenvalue weighted by Gasteiger charge is -2.31. The maximum Gasteiger partial charge on any atom is 0.271 e. The molecule has 0 fully saturated rings. The minimum absolute atomic E-state index is 0.141. The minimum atomic E-state index is -0.148. The van der Waals surface area contributed by atoms with Crippen LogP contribution in [0.2, 0.25) is 0 Å². The number of hydrogen-bond acceptors (Lipinski definition) is 4. The van der Waals surface area contributed by atoms with Crippen LogP contribution in [0.5, 0.6) is 0 Å². The van der Waals surface area contributed by atoms with Gasteiger partial charge in [0.05, 0.1) is 12.4 Å². The largest absolute Gasteiger partial charge is 0.369 e. The van der Waals surface area contributed by atoms with E-state index in [4.69, 9.17) is 0 Å². The molecule has 1 heterocycles. The SMILES string of the molecule is CCCNc1cnc(C(=O)NC(CC)(CC)CC)cn1. The predicted molar refractivity (Wildman–Crippen MR) is 81.9 cm³/mol. The molecule has 20 heavy (non-hydrogen) atoms. The summed E-state index contributed by atoms with van der Waals surface area (Å²) in [6.07, 6.45) is 6.89. The van der Waals surface area contributed by atoms with E-state index in [1.807, 2.05) is 0 Å². The van der Waals surface area contributed by atoms with Crippen molar-refractivity contribution in [2.75, 3.05) is 11.9 Å². The topological polar surface area (TPSA) is 66.9 Å².